The van der Waals surface area contributed by atoms with Crippen LogP contribution in [0.15, 0.2) is 78.1 Å². The second-order valence-corrected chi connectivity index (χ2v) is 6.72. The Bertz CT molecular complexity index is 1320. The van der Waals surface area contributed by atoms with Crippen LogP contribution in [-0.2, 0) is 13.0 Å². The predicted octanol–water partition coefficient (Wildman–Crippen LogP) is 2.81. The molecule has 0 saturated heterocycles. The molecule has 0 bridgehead atoms. The molecule has 0 unspecified atom stereocenters. The van der Waals surface area contributed by atoms with Crippen molar-refractivity contribution in [1.29, 1.82) is 10.5 Å². The Labute approximate surface area is 172 Å². The summed E-state index contributed by atoms with van der Waals surface area (Å²) in [6.45, 7) is 0.589. The van der Waals surface area contributed by atoms with E-state index in [1.54, 1.807) is 30.6 Å². The van der Waals surface area contributed by atoms with Crippen molar-refractivity contribution in [2.24, 2.45) is 0 Å². The van der Waals surface area contributed by atoms with Gasteiger partial charge in [-0.1, -0.05) is 18.2 Å². The maximum Gasteiger partial charge on any atom is 0.256 e. The van der Waals surface area contributed by atoms with Crippen LogP contribution in [0, 0.1) is 22.7 Å². The summed E-state index contributed by atoms with van der Waals surface area (Å²) in [4.78, 5) is 20.9. The average Bonchev–Trinajstić information content (AvgIpc) is 3.21. The molecule has 3 heterocycles. The van der Waals surface area contributed by atoms with E-state index in [0.29, 0.717) is 29.9 Å². The van der Waals surface area contributed by atoms with Gasteiger partial charge >= 0.3 is 0 Å². The van der Waals surface area contributed by atoms with Crippen LogP contribution in [-0.4, -0.2) is 19.1 Å². The Morgan fingerprint density at radius 3 is 2.30 bits per heavy atom. The van der Waals surface area contributed by atoms with Gasteiger partial charge in [-0.05, 0) is 35.4 Å². The molecule has 0 saturated carbocycles. The van der Waals surface area contributed by atoms with Crippen molar-refractivity contribution in [2.75, 3.05) is 0 Å². The van der Waals surface area contributed by atoms with Gasteiger partial charge in [0.25, 0.3) is 5.56 Å². The number of hydrogen-bond donors (Lipinski definition) is 0. The Morgan fingerprint density at radius 2 is 1.60 bits per heavy atom. The number of pyridine rings is 2. The van der Waals surface area contributed by atoms with Crippen LogP contribution >= 0.6 is 0 Å². The Morgan fingerprint density at radius 1 is 0.867 bits per heavy atom. The van der Waals surface area contributed by atoms with Crippen LogP contribution in [0.1, 0.15) is 28.1 Å². The molecule has 0 aliphatic heterocycles. The first-order valence-corrected chi connectivity index (χ1v) is 9.23. The average molecular weight is 392 g/mol. The number of hydrogen-bond acceptors (Lipinski definition) is 5. The minimum Gasteiger partial charge on any atom is -0.330 e. The van der Waals surface area contributed by atoms with Crippen molar-refractivity contribution in [2.45, 2.75) is 13.0 Å². The summed E-state index contributed by atoms with van der Waals surface area (Å²) in [5, 5.41) is 18.0. The molecule has 0 atom stereocenters. The van der Waals surface area contributed by atoms with Gasteiger partial charge in [0.2, 0.25) is 0 Å². The predicted molar refractivity (Wildman–Crippen MR) is 110 cm³/mol. The Balaban J connectivity index is 1.52. The summed E-state index contributed by atoms with van der Waals surface area (Å²) in [7, 11) is 0. The smallest absolute Gasteiger partial charge is 0.256 e. The van der Waals surface area contributed by atoms with E-state index in [0.717, 1.165) is 17.0 Å². The topological polar surface area (TPSA) is 100 Å². The fourth-order valence-corrected chi connectivity index (χ4v) is 3.11. The molecule has 4 aromatic rings. The Hall–Kier alpha value is -4.49. The molecule has 0 spiro atoms. The summed E-state index contributed by atoms with van der Waals surface area (Å²) in [5.74, 6) is 1.37. The van der Waals surface area contributed by atoms with E-state index in [1.807, 2.05) is 35.0 Å². The van der Waals surface area contributed by atoms with Gasteiger partial charge in [-0.3, -0.25) is 9.36 Å². The van der Waals surface area contributed by atoms with Gasteiger partial charge < -0.3 is 4.57 Å². The molecule has 0 amide bonds. The number of imidazole rings is 1. The molecule has 144 valence electrons. The minimum atomic E-state index is -0.242. The van der Waals surface area contributed by atoms with Crippen molar-refractivity contribution in [3.05, 3.63) is 112 Å². The van der Waals surface area contributed by atoms with E-state index < -0.39 is 0 Å². The number of benzene rings is 1. The maximum absolute atomic E-state index is 12.1. The van der Waals surface area contributed by atoms with E-state index >= 15 is 0 Å². The van der Waals surface area contributed by atoms with Gasteiger partial charge in [0.15, 0.2) is 0 Å². The van der Waals surface area contributed by atoms with Crippen LogP contribution in [0.3, 0.4) is 0 Å². The van der Waals surface area contributed by atoms with Crippen molar-refractivity contribution < 1.29 is 0 Å². The van der Waals surface area contributed by atoms with Gasteiger partial charge in [0.05, 0.1) is 23.7 Å². The molecule has 7 heteroatoms. The first kappa shape index (κ1) is 18.9. The van der Waals surface area contributed by atoms with Crippen LogP contribution in [0.4, 0.5) is 0 Å². The van der Waals surface area contributed by atoms with Gasteiger partial charge in [0, 0.05) is 37.3 Å². The SMILES string of the molecule is N#Cc1ccc(Cc2nccn2Cc2ccc(-n3cc(C#N)ccc3=O)nc2)cc1. The highest BCUT2D eigenvalue weighted by Crippen LogP contribution is 2.12. The number of nitrogens with zero attached hydrogens (tertiary/aromatic N) is 6. The summed E-state index contributed by atoms with van der Waals surface area (Å²) >= 11 is 0. The quantitative estimate of drug-likeness (QED) is 0.520. The van der Waals surface area contributed by atoms with Crippen LogP contribution < -0.4 is 5.56 Å². The van der Waals surface area contributed by atoms with Crippen LogP contribution in [0.2, 0.25) is 0 Å². The van der Waals surface area contributed by atoms with Crippen LogP contribution in [0.25, 0.3) is 5.82 Å². The lowest BCUT2D eigenvalue weighted by atomic mass is 10.1. The highest BCUT2D eigenvalue weighted by atomic mass is 16.1. The highest BCUT2D eigenvalue weighted by molar-refractivity contribution is 5.33. The lowest BCUT2D eigenvalue weighted by Gasteiger charge is -2.10. The van der Waals surface area contributed by atoms with E-state index in [9.17, 15) is 4.79 Å². The lowest BCUT2D eigenvalue weighted by molar-refractivity contribution is 0.737. The third kappa shape index (κ3) is 4.01. The molecule has 1 aromatic carbocycles. The fourth-order valence-electron chi connectivity index (χ4n) is 3.11. The van der Waals surface area contributed by atoms with Crippen molar-refractivity contribution in [3.63, 3.8) is 0 Å². The van der Waals surface area contributed by atoms with Gasteiger partial charge in [-0.25, -0.2) is 9.97 Å². The van der Waals surface area contributed by atoms with Gasteiger partial charge in [0.1, 0.15) is 17.7 Å². The molecule has 4 rings (SSSR count). The van der Waals surface area contributed by atoms with Crippen LogP contribution in [0.5, 0.6) is 0 Å². The molecular weight excluding hydrogens is 376 g/mol. The van der Waals surface area contributed by atoms with E-state index in [2.05, 4.69) is 16.0 Å². The second kappa shape index (κ2) is 8.26. The fraction of sp³-hybridized carbons (Fsp3) is 0.0870. The standard InChI is InChI=1S/C23H16N6O/c24-12-18-3-1-17(2-4-18)11-22-26-9-10-28(22)15-20-5-7-21(27-14-20)29-16-19(13-25)6-8-23(29)30/h1-10,14,16H,11,15H2. The molecule has 0 radical (unpaired) electrons. The molecular formula is C23H16N6O. The number of aromatic nitrogens is 4. The number of rotatable bonds is 5. The number of nitriles is 2. The third-order valence-corrected chi connectivity index (χ3v) is 4.70. The van der Waals surface area contributed by atoms with E-state index in [4.69, 9.17) is 10.5 Å². The maximum atomic E-state index is 12.1. The summed E-state index contributed by atoms with van der Waals surface area (Å²) < 4.78 is 3.40. The second-order valence-electron chi connectivity index (χ2n) is 6.72. The van der Waals surface area contributed by atoms with Crippen molar-refractivity contribution in [1.82, 2.24) is 19.1 Å². The highest BCUT2D eigenvalue weighted by Gasteiger charge is 2.07. The minimum absolute atomic E-state index is 0.242. The zero-order valence-electron chi connectivity index (χ0n) is 15.9. The first-order chi connectivity index (χ1) is 14.7. The third-order valence-electron chi connectivity index (χ3n) is 4.70. The molecule has 0 aliphatic rings. The molecule has 0 aliphatic carbocycles. The van der Waals surface area contributed by atoms with Gasteiger partial charge in [-0.2, -0.15) is 10.5 Å². The summed E-state index contributed by atoms with van der Waals surface area (Å²) in [5.41, 5.74) is 2.82. The van der Waals surface area contributed by atoms with Crippen molar-refractivity contribution in [3.8, 4) is 18.0 Å². The normalized spacial score (nSPS) is 10.3. The monoisotopic (exact) mass is 392 g/mol. The molecule has 3 aromatic heterocycles. The van der Waals surface area contributed by atoms with Crippen molar-refractivity contribution >= 4 is 0 Å². The molecule has 30 heavy (non-hydrogen) atoms. The first-order valence-electron chi connectivity index (χ1n) is 9.23. The molecule has 0 fully saturated rings. The summed E-state index contributed by atoms with van der Waals surface area (Å²) in [6.07, 6.45) is 7.52. The van der Waals surface area contributed by atoms with E-state index in [-0.39, 0.29) is 5.56 Å². The lowest BCUT2D eigenvalue weighted by Crippen LogP contribution is -2.18. The zero-order valence-corrected chi connectivity index (χ0v) is 15.9. The van der Waals surface area contributed by atoms with Gasteiger partial charge in [-0.15, -0.1) is 0 Å². The molecule has 7 nitrogen and oxygen atoms in total. The Kier molecular flexibility index (Phi) is 5.19. The largest absolute Gasteiger partial charge is 0.330 e. The summed E-state index contributed by atoms with van der Waals surface area (Å²) in [6, 6.07) is 18.1. The zero-order chi connectivity index (χ0) is 20.9. The van der Waals surface area contributed by atoms with E-state index in [1.165, 1.54) is 22.9 Å². The molecule has 0 N–H and O–H groups in total.